The van der Waals surface area contributed by atoms with E-state index in [9.17, 15) is 15.0 Å². The summed E-state index contributed by atoms with van der Waals surface area (Å²) in [6.07, 6.45) is -0.364. The first kappa shape index (κ1) is 24.5. The van der Waals surface area contributed by atoms with Crippen molar-refractivity contribution in [2.75, 3.05) is 54.0 Å². The molecule has 0 saturated carbocycles. The van der Waals surface area contributed by atoms with Crippen LogP contribution in [0.1, 0.15) is 27.2 Å². The van der Waals surface area contributed by atoms with E-state index < -0.39 is 20.8 Å². The highest BCUT2D eigenvalue weighted by molar-refractivity contribution is 6.65. The molecule has 8 heteroatoms. The molecule has 0 aromatic heterocycles. The topological polar surface area (TPSA) is 82.1 Å². The molecule has 0 heterocycles. The van der Waals surface area contributed by atoms with Gasteiger partial charge in [-0.15, -0.1) is 0 Å². The molecule has 1 N–H and O–H groups in total. The monoisotopic (exact) mass is 378 g/mol. The van der Waals surface area contributed by atoms with Gasteiger partial charge >= 0.3 is 8.56 Å². The molecule has 0 saturated heterocycles. The summed E-state index contributed by atoms with van der Waals surface area (Å²) >= 11 is 0. The highest BCUT2D eigenvalue weighted by atomic mass is 28.4. The molecule has 0 bridgehead atoms. The van der Waals surface area contributed by atoms with Crippen LogP contribution in [0.25, 0.3) is 0 Å². The van der Waals surface area contributed by atoms with Crippen LogP contribution in [-0.2, 0) is 13.6 Å². The molecule has 0 aliphatic rings. The van der Waals surface area contributed by atoms with Gasteiger partial charge in [0, 0.05) is 27.7 Å². The average molecular weight is 379 g/mol. The molecule has 0 rings (SSSR count). The van der Waals surface area contributed by atoms with Crippen molar-refractivity contribution in [3.63, 3.8) is 0 Å². The summed E-state index contributed by atoms with van der Waals surface area (Å²) in [5.41, 5.74) is 0. The number of carbonyl (C=O) groups is 1. The van der Waals surface area contributed by atoms with Crippen molar-refractivity contribution in [3.8, 4) is 0 Å². The summed E-state index contributed by atoms with van der Waals surface area (Å²) in [6.45, 7) is 9.77. The molecule has 0 radical (unpaired) electrons. The fourth-order valence-electron chi connectivity index (χ4n) is 3.18. The molecule has 0 fully saturated rings. The van der Waals surface area contributed by atoms with Gasteiger partial charge in [0.1, 0.15) is 12.6 Å². The Morgan fingerprint density at radius 3 is 2.20 bits per heavy atom. The Labute approximate surface area is 154 Å². The molecule has 0 aliphatic carbocycles. The Morgan fingerprint density at radius 2 is 1.80 bits per heavy atom. The minimum atomic E-state index is -2.12. The molecule has 0 aromatic rings. The quantitative estimate of drug-likeness (QED) is 0.365. The maximum Gasteiger partial charge on any atom is 0.334 e. The summed E-state index contributed by atoms with van der Waals surface area (Å²) in [4.78, 5) is 13.8. The number of aliphatic hydroxyl groups is 1. The Balaban J connectivity index is 4.70. The van der Waals surface area contributed by atoms with Crippen LogP contribution >= 0.6 is 0 Å². The summed E-state index contributed by atoms with van der Waals surface area (Å²) in [6, 6.07) is 0.821. The number of amides is 1. The number of quaternary nitrogens is 1. The maximum atomic E-state index is 12.0. The van der Waals surface area contributed by atoms with Crippen LogP contribution in [0.4, 0.5) is 0 Å². The Bertz CT molecular complexity index is 379. The standard InChI is InChI=1S/C17H38N2O5Si/c1-15(20)13-19(4,14-16(2)21)11-10-18(17(3)22)9-8-12-25(7,23-5)24-6/h15-16,20H,8-14H2,1-7H3. The zero-order chi connectivity index (χ0) is 19.7. The highest BCUT2D eigenvalue weighted by Crippen LogP contribution is 2.14. The van der Waals surface area contributed by atoms with E-state index in [4.69, 9.17) is 8.85 Å². The van der Waals surface area contributed by atoms with Crippen LogP contribution in [-0.4, -0.2) is 95.2 Å². The molecule has 1 amide bonds. The minimum absolute atomic E-state index is 0.0250. The first-order valence-electron chi connectivity index (χ1n) is 9.00. The number of carbonyl (C=O) groups excluding carboxylic acids is 1. The Morgan fingerprint density at radius 1 is 1.24 bits per heavy atom. The lowest BCUT2D eigenvalue weighted by atomic mass is 10.2. The third-order valence-corrected chi connectivity index (χ3v) is 7.67. The van der Waals surface area contributed by atoms with Crippen LogP contribution in [0.5, 0.6) is 0 Å². The summed E-state index contributed by atoms with van der Waals surface area (Å²) in [5.74, 6) is 0.0250. The average Bonchev–Trinajstić information content (AvgIpc) is 2.48. The van der Waals surface area contributed by atoms with Crippen molar-refractivity contribution in [2.45, 2.75) is 52.0 Å². The molecule has 25 heavy (non-hydrogen) atoms. The highest BCUT2D eigenvalue weighted by Gasteiger charge is 2.29. The van der Waals surface area contributed by atoms with Crippen molar-refractivity contribution in [1.82, 2.24) is 4.90 Å². The van der Waals surface area contributed by atoms with E-state index in [0.29, 0.717) is 37.2 Å². The lowest BCUT2D eigenvalue weighted by Gasteiger charge is -2.40. The second kappa shape index (κ2) is 11.3. The number of hydrogen-bond donors (Lipinski definition) is 1. The van der Waals surface area contributed by atoms with E-state index >= 15 is 0 Å². The summed E-state index contributed by atoms with van der Waals surface area (Å²) in [7, 11) is 3.19. The van der Waals surface area contributed by atoms with Gasteiger partial charge in [0.25, 0.3) is 0 Å². The van der Waals surface area contributed by atoms with Gasteiger partial charge in [-0.25, -0.2) is 0 Å². The zero-order valence-electron chi connectivity index (χ0n) is 17.1. The predicted molar refractivity (Wildman–Crippen MR) is 99.2 cm³/mol. The van der Waals surface area contributed by atoms with Gasteiger partial charge < -0.3 is 28.4 Å². The maximum absolute atomic E-state index is 12.0. The zero-order valence-corrected chi connectivity index (χ0v) is 18.1. The van der Waals surface area contributed by atoms with Gasteiger partial charge in [0.2, 0.25) is 5.91 Å². The van der Waals surface area contributed by atoms with Gasteiger partial charge in [-0.1, -0.05) is 13.0 Å². The van der Waals surface area contributed by atoms with Gasteiger partial charge in [-0.3, -0.25) is 4.79 Å². The van der Waals surface area contributed by atoms with Gasteiger partial charge in [-0.05, 0) is 25.9 Å². The molecular formula is C17H38N2O5Si. The molecule has 150 valence electrons. The molecule has 0 aromatic carbocycles. The van der Waals surface area contributed by atoms with E-state index in [1.807, 2.05) is 18.5 Å². The van der Waals surface area contributed by atoms with E-state index in [1.165, 1.54) is 0 Å². The second-order valence-corrected chi connectivity index (χ2v) is 11.1. The molecular weight excluding hydrogens is 340 g/mol. The lowest BCUT2D eigenvalue weighted by molar-refractivity contribution is -0.919. The lowest BCUT2D eigenvalue weighted by Crippen LogP contribution is -2.57. The molecule has 0 aliphatic heterocycles. The van der Waals surface area contributed by atoms with Crippen molar-refractivity contribution in [1.29, 1.82) is 0 Å². The largest absolute Gasteiger partial charge is 0.848 e. The van der Waals surface area contributed by atoms with Crippen LogP contribution in [0.2, 0.25) is 12.6 Å². The van der Waals surface area contributed by atoms with E-state index in [2.05, 4.69) is 0 Å². The SMILES string of the molecule is CO[Si](C)(CCCN(CC[N+](C)(CC(C)[O-])CC(C)O)C(C)=O)OC. The van der Waals surface area contributed by atoms with Crippen LogP contribution in [0, 0.1) is 0 Å². The third-order valence-electron chi connectivity index (χ3n) is 4.68. The molecule has 3 atom stereocenters. The first-order valence-corrected chi connectivity index (χ1v) is 11.5. The smallest absolute Gasteiger partial charge is 0.334 e. The summed E-state index contributed by atoms with van der Waals surface area (Å²) < 4.78 is 11.4. The minimum Gasteiger partial charge on any atom is -0.848 e. The van der Waals surface area contributed by atoms with E-state index in [-0.39, 0.29) is 5.91 Å². The van der Waals surface area contributed by atoms with E-state index in [1.54, 1.807) is 35.0 Å². The van der Waals surface area contributed by atoms with Crippen LogP contribution in [0.15, 0.2) is 0 Å². The fourth-order valence-corrected chi connectivity index (χ4v) is 4.56. The van der Waals surface area contributed by atoms with Crippen LogP contribution < -0.4 is 5.11 Å². The van der Waals surface area contributed by atoms with Gasteiger partial charge in [0.05, 0.1) is 26.7 Å². The first-order chi connectivity index (χ1) is 11.5. The van der Waals surface area contributed by atoms with Crippen molar-refractivity contribution < 1.29 is 28.3 Å². The number of hydrogen-bond acceptors (Lipinski definition) is 5. The molecule has 7 nitrogen and oxygen atoms in total. The number of aliphatic hydroxyl groups excluding tert-OH is 1. The second-order valence-electron chi connectivity index (χ2n) is 7.52. The molecule has 3 unspecified atom stereocenters. The van der Waals surface area contributed by atoms with Crippen LogP contribution in [0.3, 0.4) is 0 Å². The number of nitrogens with zero attached hydrogens (tertiary/aromatic N) is 2. The normalized spacial score (nSPS) is 17.0. The van der Waals surface area contributed by atoms with Gasteiger partial charge in [-0.2, -0.15) is 0 Å². The number of rotatable bonds is 13. The predicted octanol–water partition coefficient (Wildman–Crippen LogP) is 0.166. The summed E-state index contributed by atoms with van der Waals surface area (Å²) in [5, 5.41) is 21.4. The van der Waals surface area contributed by atoms with Gasteiger partial charge in [0.15, 0.2) is 0 Å². The van der Waals surface area contributed by atoms with Crippen molar-refractivity contribution >= 4 is 14.5 Å². The van der Waals surface area contributed by atoms with E-state index in [0.717, 1.165) is 12.5 Å². The third kappa shape index (κ3) is 10.3. The van der Waals surface area contributed by atoms with Crippen molar-refractivity contribution in [3.05, 3.63) is 0 Å². The Kier molecular flexibility index (Phi) is 11.0. The Hall–Kier alpha value is -0.513. The fraction of sp³-hybridized carbons (Fsp3) is 0.941. The molecule has 0 spiro atoms. The van der Waals surface area contributed by atoms with Crippen molar-refractivity contribution in [2.24, 2.45) is 0 Å². The number of likely N-dealkylation sites (N-methyl/N-ethyl adjacent to an activating group) is 1.